The van der Waals surface area contributed by atoms with Gasteiger partial charge in [0.2, 0.25) is 10.0 Å². The van der Waals surface area contributed by atoms with E-state index in [2.05, 4.69) is 31.0 Å². The van der Waals surface area contributed by atoms with Crippen molar-refractivity contribution in [3.63, 3.8) is 0 Å². The number of rotatable bonds is 6. The lowest BCUT2D eigenvalue weighted by molar-refractivity contribution is 0.0936. The molecule has 2 aliphatic rings. The molecule has 2 saturated heterocycles. The van der Waals surface area contributed by atoms with Crippen molar-refractivity contribution >= 4 is 15.9 Å². The van der Waals surface area contributed by atoms with Gasteiger partial charge in [0.05, 0.1) is 4.90 Å². The van der Waals surface area contributed by atoms with Crippen LogP contribution in [0.3, 0.4) is 0 Å². The van der Waals surface area contributed by atoms with Crippen molar-refractivity contribution in [3.05, 3.63) is 29.8 Å². The second-order valence-electron chi connectivity index (χ2n) is 8.88. The zero-order valence-electron chi connectivity index (χ0n) is 17.9. The number of likely N-dealkylation sites (tertiary alicyclic amines) is 1. The van der Waals surface area contributed by atoms with Crippen LogP contribution in [-0.2, 0) is 10.0 Å². The number of sulfonamides is 1. The van der Waals surface area contributed by atoms with Gasteiger partial charge in [0.25, 0.3) is 5.91 Å². The van der Waals surface area contributed by atoms with E-state index in [0.29, 0.717) is 43.0 Å². The van der Waals surface area contributed by atoms with Gasteiger partial charge >= 0.3 is 0 Å². The molecule has 29 heavy (non-hydrogen) atoms. The predicted molar refractivity (Wildman–Crippen MR) is 115 cm³/mol. The largest absolute Gasteiger partial charge is 0.352 e. The van der Waals surface area contributed by atoms with Gasteiger partial charge in [0, 0.05) is 25.2 Å². The van der Waals surface area contributed by atoms with E-state index in [1.54, 1.807) is 22.5 Å². The van der Waals surface area contributed by atoms with Crippen LogP contribution in [0, 0.1) is 17.8 Å². The maximum Gasteiger partial charge on any atom is 0.251 e. The van der Waals surface area contributed by atoms with Gasteiger partial charge in [0.15, 0.2) is 0 Å². The van der Waals surface area contributed by atoms with Crippen molar-refractivity contribution in [3.8, 4) is 0 Å². The van der Waals surface area contributed by atoms with Gasteiger partial charge in [-0.3, -0.25) is 4.79 Å². The van der Waals surface area contributed by atoms with Crippen LogP contribution < -0.4 is 5.32 Å². The minimum absolute atomic E-state index is 0.194. The van der Waals surface area contributed by atoms with Crippen molar-refractivity contribution in [2.24, 2.45) is 17.8 Å². The van der Waals surface area contributed by atoms with Gasteiger partial charge in [-0.15, -0.1) is 0 Å². The van der Waals surface area contributed by atoms with Gasteiger partial charge in [0.1, 0.15) is 0 Å². The number of amides is 1. The number of hydrogen-bond acceptors (Lipinski definition) is 4. The van der Waals surface area contributed by atoms with E-state index in [-0.39, 0.29) is 10.8 Å². The summed E-state index contributed by atoms with van der Waals surface area (Å²) in [6.07, 6.45) is 3.23. The summed E-state index contributed by atoms with van der Waals surface area (Å²) in [5.41, 5.74) is 0.412. The fraction of sp³-hybridized carbons (Fsp3) is 0.682. The van der Waals surface area contributed by atoms with Crippen LogP contribution in [0.4, 0.5) is 0 Å². The van der Waals surface area contributed by atoms with Crippen molar-refractivity contribution in [2.75, 3.05) is 39.3 Å². The lowest BCUT2D eigenvalue weighted by atomic mass is 9.94. The molecule has 1 aromatic rings. The second-order valence-corrected chi connectivity index (χ2v) is 10.8. The number of piperidine rings is 2. The Morgan fingerprint density at radius 2 is 1.79 bits per heavy atom. The van der Waals surface area contributed by atoms with Crippen LogP contribution in [0.1, 0.15) is 50.4 Å². The number of hydrogen-bond donors (Lipinski definition) is 1. The minimum atomic E-state index is -3.58. The minimum Gasteiger partial charge on any atom is -0.352 e. The predicted octanol–water partition coefficient (Wildman–Crippen LogP) is 2.81. The lowest BCUT2D eigenvalue weighted by Gasteiger charge is -2.34. The maximum atomic E-state index is 13.1. The highest BCUT2D eigenvalue weighted by molar-refractivity contribution is 7.89. The highest BCUT2D eigenvalue weighted by Crippen LogP contribution is 2.27. The van der Waals surface area contributed by atoms with Gasteiger partial charge in [-0.1, -0.05) is 26.8 Å². The number of benzene rings is 1. The van der Waals surface area contributed by atoms with E-state index >= 15 is 0 Å². The summed E-state index contributed by atoms with van der Waals surface area (Å²) in [7, 11) is -3.58. The molecule has 162 valence electrons. The summed E-state index contributed by atoms with van der Waals surface area (Å²) in [5.74, 6) is 0.989. The van der Waals surface area contributed by atoms with E-state index in [9.17, 15) is 13.2 Å². The van der Waals surface area contributed by atoms with Crippen LogP contribution in [-0.4, -0.2) is 62.8 Å². The van der Waals surface area contributed by atoms with E-state index in [1.807, 2.05) is 0 Å². The quantitative estimate of drug-likeness (QED) is 0.767. The normalized spacial score (nSPS) is 25.1. The summed E-state index contributed by atoms with van der Waals surface area (Å²) in [6, 6.07) is 6.47. The number of carbonyl (C=O) groups excluding carboxylic acids is 1. The third-order valence-electron chi connectivity index (χ3n) is 6.28. The molecule has 0 spiro atoms. The first-order valence-electron chi connectivity index (χ1n) is 10.9. The monoisotopic (exact) mass is 421 g/mol. The van der Waals surface area contributed by atoms with Crippen molar-refractivity contribution in [1.29, 1.82) is 0 Å². The first-order chi connectivity index (χ1) is 13.8. The summed E-state index contributed by atoms with van der Waals surface area (Å²) < 4.78 is 27.8. The lowest BCUT2D eigenvalue weighted by Crippen LogP contribution is -2.42. The first kappa shape index (κ1) is 22.2. The van der Waals surface area contributed by atoms with E-state index in [1.165, 1.54) is 6.07 Å². The number of nitrogens with zero attached hydrogens (tertiary/aromatic N) is 2. The topological polar surface area (TPSA) is 69.7 Å². The van der Waals surface area contributed by atoms with Crippen molar-refractivity contribution < 1.29 is 13.2 Å². The molecule has 1 N–H and O–H groups in total. The summed E-state index contributed by atoms with van der Waals surface area (Å²) in [4.78, 5) is 15.3. The highest BCUT2D eigenvalue weighted by atomic mass is 32.2. The molecule has 2 atom stereocenters. The third-order valence-corrected chi connectivity index (χ3v) is 8.10. The molecular formula is C22H35N3O3S. The molecule has 0 saturated carbocycles. The van der Waals surface area contributed by atoms with Crippen molar-refractivity contribution in [1.82, 2.24) is 14.5 Å². The van der Waals surface area contributed by atoms with Crippen LogP contribution in [0.2, 0.25) is 0 Å². The Hall–Kier alpha value is -1.44. The SMILES string of the molecule is CCN1CCC(CNC(=O)c2cccc(S(=O)(=O)N3CC(C)CC(C)C3)c2)CC1. The molecule has 0 aliphatic carbocycles. The Morgan fingerprint density at radius 1 is 1.14 bits per heavy atom. The van der Waals surface area contributed by atoms with E-state index in [4.69, 9.17) is 0 Å². The molecular weight excluding hydrogens is 386 g/mol. The Morgan fingerprint density at radius 3 is 2.41 bits per heavy atom. The molecule has 2 fully saturated rings. The van der Waals surface area contributed by atoms with Gasteiger partial charge in [-0.25, -0.2) is 8.42 Å². The van der Waals surface area contributed by atoms with Crippen LogP contribution in [0.15, 0.2) is 29.2 Å². The second kappa shape index (κ2) is 9.58. The summed E-state index contributed by atoms with van der Waals surface area (Å²) in [6.45, 7) is 11.3. The molecule has 2 aliphatic heterocycles. The standard InChI is InChI=1S/C22H35N3O3S/c1-4-24-10-8-19(9-11-24)14-23-22(26)20-6-5-7-21(13-20)29(27,28)25-15-17(2)12-18(3)16-25/h5-7,13,17-19H,4,8-12,14-16H2,1-3H3,(H,23,26). The van der Waals surface area contributed by atoms with E-state index < -0.39 is 10.0 Å². The molecule has 2 unspecified atom stereocenters. The average Bonchev–Trinajstić information content (AvgIpc) is 2.71. The molecule has 7 heteroatoms. The van der Waals surface area contributed by atoms with Crippen LogP contribution in [0.5, 0.6) is 0 Å². The Kier molecular flexibility index (Phi) is 7.35. The maximum absolute atomic E-state index is 13.1. The van der Waals surface area contributed by atoms with Gasteiger partial charge in [-0.2, -0.15) is 4.31 Å². The smallest absolute Gasteiger partial charge is 0.251 e. The fourth-order valence-corrected chi connectivity index (χ4v) is 6.32. The molecule has 1 amide bonds. The van der Waals surface area contributed by atoms with E-state index in [0.717, 1.165) is 38.9 Å². The molecule has 0 radical (unpaired) electrons. The number of nitrogens with one attached hydrogen (secondary N) is 1. The van der Waals surface area contributed by atoms with Crippen molar-refractivity contribution in [2.45, 2.75) is 44.9 Å². The highest BCUT2D eigenvalue weighted by Gasteiger charge is 2.32. The van der Waals surface area contributed by atoms with Crippen LogP contribution >= 0.6 is 0 Å². The average molecular weight is 422 g/mol. The zero-order valence-corrected chi connectivity index (χ0v) is 18.7. The van der Waals surface area contributed by atoms with Gasteiger partial charge < -0.3 is 10.2 Å². The third kappa shape index (κ3) is 5.58. The van der Waals surface area contributed by atoms with Gasteiger partial charge in [-0.05, 0) is 74.8 Å². The fourth-order valence-electron chi connectivity index (χ4n) is 4.59. The summed E-state index contributed by atoms with van der Waals surface area (Å²) in [5, 5.41) is 3.01. The Balaban J connectivity index is 1.63. The molecule has 6 nitrogen and oxygen atoms in total. The molecule has 1 aromatic carbocycles. The molecule has 2 heterocycles. The zero-order chi connectivity index (χ0) is 21.0. The molecule has 3 rings (SSSR count). The summed E-state index contributed by atoms with van der Waals surface area (Å²) >= 11 is 0. The molecule has 0 aromatic heterocycles. The first-order valence-corrected chi connectivity index (χ1v) is 12.3. The molecule has 0 bridgehead atoms. The Bertz CT molecular complexity index is 793. The Labute approximate surface area is 175 Å². The van der Waals surface area contributed by atoms with Crippen LogP contribution in [0.25, 0.3) is 0 Å². The number of carbonyl (C=O) groups is 1.